The van der Waals surface area contributed by atoms with Crippen LogP contribution in [0.4, 0.5) is 0 Å². The molecule has 1 unspecified atom stereocenters. The van der Waals surface area contributed by atoms with Crippen molar-refractivity contribution in [3.05, 3.63) is 86.9 Å². The van der Waals surface area contributed by atoms with Gasteiger partial charge < -0.3 is 9.88 Å². The maximum atomic E-state index is 13.2. The van der Waals surface area contributed by atoms with E-state index in [1.807, 2.05) is 66.4 Å². The zero-order valence-electron chi connectivity index (χ0n) is 19.5. The largest absolute Gasteiger partial charge is 0.342 e. The van der Waals surface area contributed by atoms with Crippen LogP contribution in [0.25, 0.3) is 11.2 Å². The quantitative estimate of drug-likeness (QED) is 0.438. The van der Waals surface area contributed by atoms with Crippen LogP contribution in [0, 0.1) is 0 Å². The number of piperidine rings is 1. The van der Waals surface area contributed by atoms with Crippen LogP contribution in [0.15, 0.2) is 59.4 Å². The Kier molecular flexibility index (Phi) is 6.63. The van der Waals surface area contributed by atoms with Gasteiger partial charge in [0.2, 0.25) is 5.91 Å². The second-order valence-corrected chi connectivity index (χ2v) is 9.34. The third kappa shape index (κ3) is 4.71. The van der Waals surface area contributed by atoms with E-state index in [1.165, 1.54) is 0 Å². The van der Waals surface area contributed by atoms with Crippen molar-refractivity contribution in [1.29, 1.82) is 0 Å². The topological polar surface area (TPSA) is 96.8 Å². The molecule has 4 aromatic rings. The predicted molar refractivity (Wildman–Crippen MR) is 135 cm³/mol. The molecule has 180 valence electrons. The van der Waals surface area contributed by atoms with Crippen molar-refractivity contribution >= 4 is 28.7 Å². The van der Waals surface area contributed by atoms with Gasteiger partial charge in [0.1, 0.15) is 5.82 Å². The fourth-order valence-electron chi connectivity index (χ4n) is 4.80. The van der Waals surface area contributed by atoms with Gasteiger partial charge in [0.25, 0.3) is 5.56 Å². The van der Waals surface area contributed by atoms with Crippen LogP contribution < -0.4 is 5.56 Å². The number of benzene rings is 2. The van der Waals surface area contributed by atoms with Crippen molar-refractivity contribution in [2.24, 2.45) is 0 Å². The number of aromatic amines is 1. The zero-order chi connectivity index (χ0) is 24.4. The number of rotatable bonds is 6. The summed E-state index contributed by atoms with van der Waals surface area (Å²) < 4.78 is 1.61. The van der Waals surface area contributed by atoms with Gasteiger partial charge in [-0.1, -0.05) is 72.3 Å². The molecular formula is C26H27ClN6O2. The van der Waals surface area contributed by atoms with Crippen molar-refractivity contribution in [3.63, 3.8) is 0 Å². The van der Waals surface area contributed by atoms with Crippen LogP contribution in [0.5, 0.6) is 0 Å². The van der Waals surface area contributed by atoms with Gasteiger partial charge in [0, 0.05) is 24.0 Å². The van der Waals surface area contributed by atoms with E-state index in [0.717, 1.165) is 30.4 Å². The Hall–Kier alpha value is -3.52. The number of nitrogens with one attached hydrogen (secondary N) is 1. The van der Waals surface area contributed by atoms with E-state index >= 15 is 0 Å². The molecule has 0 saturated carbocycles. The highest BCUT2D eigenvalue weighted by molar-refractivity contribution is 6.31. The Morgan fingerprint density at radius 2 is 1.83 bits per heavy atom. The molecule has 9 heteroatoms. The summed E-state index contributed by atoms with van der Waals surface area (Å²) in [6.45, 7) is 3.68. The molecule has 2 aromatic heterocycles. The van der Waals surface area contributed by atoms with Gasteiger partial charge in [0.05, 0.1) is 12.5 Å². The third-order valence-electron chi connectivity index (χ3n) is 6.77. The molecule has 1 N–H and O–H groups in total. The first-order chi connectivity index (χ1) is 17.0. The van der Waals surface area contributed by atoms with E-state index in [9.17, 15) is 9.59 Å². The summed E-state index contributed by atoms with van der Waals surface area (Å²) in [5.74, 6) is 0.701. The summed E-state index contributed by atoms with van der Waals surface area (Å²) in [5.41, 5.74) is 2.28. The highest BCUT2D eigenvalue weighted by atomic mass is 35.5. The molecule has 5 rings (SSSR count). The molecule has 0 aliphatic carbocycles. The summed E-state index contributed by atoms with van der Waals surface area (Å²) in [4.78, 5) is 35.6. The first kappa shape index (κ1) is 23.2. The van der Waals surface area contributed by atoms with Crippen molar-refractivity contribution in [1.82, 2.24) is 29.9 Å². The Morgan fingerprint density at radius 3 is 2.54 bits per heavy atom. The van der Waals surface area contributed by atoms with Crippen LogP contribution >= 0.6 is 11.6 Å². The lowest BCUT2D eigenvalue weighted by Crippen LogP contribution is -2.41. The Balaban J connectivity index is 1.33. The molecule has 0 bridgehead atoms. The summed E-state index contributed by atoms with van der Waals surface area (Å²) >= 11 is 6.31. The van der Waals surface area contributed by atoms with Crippen molar-refractivity contribution in [2.75, 3.05) is 13.1 Å². The van der Waals surface area contributed by atoms with Gasteiger partial charge in [-0.25, -0.2) is 9.67 Å². The van der Waals surface area contributed by atoms with Gasteiger partial charge in [-0.2, -0.15) is 0 Å². The van der Waals surface area contributed by atoms with Gasteiger partial charge in [0.15, 0.2) is 11.2 Å². The number of fused-ring (bicyclic) bond motifs is 1. The molecule has 0 spiro atoms. The monoisotopic (exact) mass is 490 g/mol. The van der Waals surface area contributed by atoms with E-state index < -0.39 is 0 Å². The number of aromatic nitrogens is 5. The number of hydrogen-bond acceptors (Lipinski definition) is 5. The SMILES string of the molecule is CCC(C(=O)N1CCC(c2nc3c(nnn3Cc3ccccc3Cl)c(=O)[nH]2)CC1)c1ccccc1. The van der Waals surface area contributed by atoms with Gasteiger partial charge in [-0.05, 0) is 36.5 Å². The van der Waals surface area contributed by atoms with Crippen LogP contribution in [0.3, 0.4) is 0 Å². The number of halogens is 1. The maximum Gasteiger partial charge on any atom is 0.281 e. The fourth-order valence-corrected chi connectivity index (χ4v) is 5.00. The van der Waals surface area contributed by atoms with E-state index in [2.05, 4.69) is 15.3 Å². The van der Waals surface area contributed by atoms with Crippen LogP contribution in [-0.4, -0.2) is 48.9 Å². The van der Waals surface area contributed by atoms with Crippen molar-refractivity contribution in [3.8, 4) is 0 Å². The molecule has 3 heterocycles. The van der Waals surface area contributed by atoms with E-state index in [1.54, 1.807) is 4.68 Å². The van der Waals surface area contributed by atoms with Gasteiger partial charge in [-0.15, -0.1) is 5.10 Å². The molecule has 1 fully saturated rings. The summed E-state index contributed by atoms with van der Waals surface area (Å²) in [6.07, 6.45) is 2.23. The number of H-pyrrole nitrogens is 1. The maximum absolute atomic E-state index is 13.2. The lowest BCUT2D eigenvalue weighted by atomic mass is 9.91. The highest BCUT2D eigenvalue weighted by Crippen LogP contribution is 2.29. The highest BCUT2D eigenvalue weighted by Gasteiger charge is 2.30. The average molecular weight is 491 g/mol. The molecule has 1 amide bonds. The Morgan fingerprint density at radius 1 is 1.11 bits per heavy atom. The van der Waals surface area contributed by atoms with Crippen LogP contribution in [0.2, 0.25) is 5.02 Å². The van der Waals surface area contributed by atoms with Gasteiger partial charge in [-0.3, -0.25) is 9.59 Å². The normalized spacial score (nSPS) is 15.4. The van der Waals surface area contributed by atoms with E-state index in [-0.39, 0.29) is 28.8 Å². The average Bonchev–Trinajstić information content (AvgIpc) is 3.30. The summed E-state index contributed by atoms with van der Waals surface area (Å²) in [6, 6.07) is 17.4. The lowest BCUT2D eigenvalue weighted by Gasteiger charge is -2.33. The minimum atomic E-state index is -0.302. The van der Waals surface area contributed by atoms with Crippen molar-refractivity contribution in [2.45, 2.75) is 44.6 Å². The number of hydrogen-bond donors (Lipinski definition) is 1. The molecule has 2 aromatic carbocycles. The minimum Gasteiger partial charge on any atom is -0.342 e. The smallest absolute Gasteiger partial charge is 0.281 e. The summed E-state index contributed by atoms with van der Waals surface area (Å²) in [7, 11) is 0. The molecular weight excluding hydrogens is 464 g/mol. The lowest BCUT2D eigenvalue weighted by molar-refractivity contribution is -0.134. The molecule has 1 saturated heterocycles. The molecule has 35 heavy (non-hydrogen) atoms. The number of carbonyl (C=O) groups excluding carboxylic acids is 1. The first-order valence-corrected chi connectivity index (χ1v) is 12.3. The second kappa shape index (κ2) is 10.00. The number of carbonyl (C=O) groups is 1. The third-order valence-corrected chi connectivity index (χ3v) is 7.14. The minimum absolute atomic E-state index is 0.0524. The molecule has 0 radical (unpaired) electrons. The Bertz CT molecular complexity index is 1390. The van der Waals surface area contributed by atoms with Crippen LogP contribution in [-0.2, 0) is 11.3 Å². The number of likely N-dealkylation sites (tertiary alicyclic amines) is 1. The van der Waals surface area contributed by atoms with Gasteiger partial charge >= 0.3 is 0 Å². The Labute approximate surface area is 207 Å². The van der Waals surface area contributed by atoms with Crippen molar-refractivity contribution < 1.29 is 4.79 Å². The fraction of sp³-hybridized carbons (Fsp3) is 0.346. The molecule has 1 atom stereocenters. The molecule has 1 aliphatic rings. The number of nitrogens with zero attached hydrogens (tertiary/aromatic N) is 5. The van der Waals surface area contributed by atoms with E-state index in [4.69, 9.17) is 16.6 Å². The van der Waals surface area contributed by atoms with E-state index in [0.29, 0.717) is 36.1 Å². The number of amides is 1. The predicted octanol–water partition coefficient (Wildman–Crippen LogP) is 4.12. The van der Waals surface area contributed by atoms with Crippen LogP contribution in [0.1, 0.15) is 55.0 Å². The molecule has 1 aliphatic heterocycles. The standard InChI is InChI=1S/C26H27ClN6O2/c1-2-20(17-8-4-3-5-9-17)26(35)32-14-12-18(13-15-32)23-28-24-22(25(34)29-23)30-31-33(24)16-19-10-6-7-11-21(19)27/h3-11,18,20H,2,12-16H2,1H3,(H,28,29,34). The second-order valence-electron chi connectivity index (χ2n) is 8.93. The summed E-state index contributed by atoms with van der Waals surface area (Å²) in [5, 5.41) is 8.80. The first-order valence-electron chi connectivity index (χ1n) is 12.0. The molecule has 8 nitrogen and oxygen atoms in total. The zero-order valence-corrected chi connectivity index (χ0v) is 20.3.